The molecule has 3 rings (SSSR count). The summed E-state index contributed by atoms with van der Waals surface area (Å²) in [5, 5.41) is 3.19. The van der Waals surface area contributed by atoms with Gasteiger partial charge in [-0.05, 0) is 58.1 Å². The summed E-state index contributed by atoms with van der Waals surface area (Å²) in [4.78, 5) is 38.3. The zero-order valence-corrected chi connectivity index (χ0v) is 16.9. The van der Waals surface area contributed by atoms with Crippen molar-refractivity contribution in [2.45, 2.75) is 52.6 Å². The molecule has 0 bridgehead atoms. The summed E-state index contributed by atoms with van der Waals surface area (Å²) in [6.45, 7) is 5.19. The quantitative estimate of drug-likeness (QED) is 0.733. The third-order valence-corrected chi connectivity index (χ3v) is 5.80. The summed E-state index contributed by atoms with van der Waals surface area (Å²) in [6.07, 6.45) is 4.06. The van der Waals surface area contributed by atoms with Gasteiger partial charge in [0.25, 0.3) is 5.91 Å². The topological polar surface area (TPSA) is 94.8 Å². The highest BCUT2D eigenvalue weighted by molar-refractivity contribution is 7.17. The van der Waals surface area contributed by atoms with E-state index in [0.717, 1.165) is 36.1 Å². The predicted molar refractivity (Wildman–Crippen MR) is 104 cm³/mol. The van der Waals surface area contributed by atoms with Gasteiger partial charge in [0.15, 0.2) is 6.10 Å². The lowest BCUT2D eigenvalue weighted by atomic mass is 9.95. The van der Waals surface area contributed by atoms with E-state index in [-0.39, 0.29) is 12.4 Å². The summed E-state index contributed by atoms with van der Waals surface area (Å²) in [5.74, 6) is -1.59. The van der Waals surface area contributed by atoms with Gasteiger partial charge in [-0.1, -0.05) is 0 Å². The highest BCUT2D eigenvalue weighted by Crippen LogP contribution is 2.38. The molecule has 150 valence electrons. The van der Waals surface area contributed by atoms with E-state index in [4.69, 9.17) is 13.9 Å². The van der Waals surface area contributed by atoms with Crippen molar-refractivity contribution in [3.05, 3.63) is 39.7 Å². The molecular formula is C20H23NO6S. The van der Waals surface area contributed by atoms with Crippen molar-refractivity contribution >= 4 is 34.2 Å². The van der Waals surface area contributed by atoms with E-state index in [0.29, 0.717) is 16.1 Å². The number of thiophene rings is 1. The zero-order chi connectivity index (χ0) is 20.3. The Labute approximate surface area is 167 Å². The molecule has 0 aromatic carbocycles. The molecular weight excluding hydrogens is 382 g/mol. The molecule has 7 nitrogen and oxygen atoms in total. The number of ether oxygens (including phenoxy) is 2. The number of rotatable bonds is 6. The van der Waals surface area contributed by atoms with Crippen LogP contribution in [0.2, 0.25) is 0 Å². The molecule has 0 radical (unpaired) electrons. The van der Waals surface area contributed by atoms with Crippen LogP contribution in [0.1, 0.15) is 63.6 Å². The number of anilines is 1. The summed E-state index contributed by atoms with van der Waals surface area (Å²) >= 11 is 1.39. The van der Waals surface area contributed by atoms with E-state index in [9.17, 15) is 14.4 Å². The monoisotopic (exact) mass is 405 g/mol. The molecule has 0 saturated carbocycles. The SMILES string of the molecule is CCOC(=O)c1c(NC(=O)C(C)OC(=O)c2occc2C)sc2c1CCCC2. The highest BCUT2D eigenvalue weighted by atomic mass is 32.1. The van der Waals surface area contributed by atoms with Crippen molar-refractivity contribution in [1.29, 1.82) is 0 Å². The van der Waals surface area contributed by atoms with Gasteiger partial charge < -0.3 is 19.2 Å². The minimum atomic E-state index is -1.05. The number of esters is 2. The van der Waals surface area contributed by atoms with E-state index < -0.39 is 23.9 Å². The first-order chi connectivity index (χ1) is 13.4. The minimum absolute atomic E-state index is 0.0680. The lowest BCUT2D eigenvalue weighted by Gasteiger charge is -2.14. The van der Waals surface area contributed by atoms with Crippen LogP contribution in [0.4, 0.5) is 5.00 Å². The molecule has 0 spiro atoms. The number of carbonyl (C=O) groups is 3. The Morgan fingerprint density at radius 2 is 2.00 bits per heavy atom. The predicted octanol–water partition coefficient (Wildman–Crippen LogP) is 3.89. The van der Waals surface area contributed by atoms with Crippen LogP contribution >= 0.6 is 11.3 Å². The Kier molecular flexibility index (Phi) is 6.18. The maximum Gasteiger partial charge on any atom is 0.375 e. The van der Waals surface area contributed by atoms with Gasteiger partial charge in [-0.2, -0.15) is 0 Å². The van der Waals surface area contributed by atoms with Crippen molar-refractivity contribution in [1.82, 2.24) is 0 Å². The van der Waals surface area contributed by atoms with Crippen molar-refractivity contribution < 1.29 is 28.3 Å². The van der Waals surface area contributed by atoms with Crippen LogP contribution < -0.4 is 5.32 Å². The van der Waals surface area contributed by atoms with Crippen LogP contribution in [0.5, 0.6) is 0 Å². The van der Waals surface area contributed by atoms with Gasteiger partial charge in [-0.3, -0.25) is 4.79 Å². The fourth-order valence-electron chi connectivity index (χ4n) is 3.14. The standard InChI is InChI=1S/C20H23NO6S/c1-4-25-19(23)15-13-7-5-6-8-14(13)28-18(15)21-17(22)12(3)27-20(24)16-11(2)9-10-26-16/h9-10,12H,4-8H2,1-3H3,(H,21,22). The number of carbonyl (C=O) groups excluding carboxylic acids is 3. The van der Waals surface area contributed by atoms with Crippen LogP contribution in [0, 0.1) is 6.92 Å². The number of amides is 1. The Hall–Kier alpha value is -2.61. The molecule has 0 fully saturated rings. The molecule has 2 aromatic heterocycles. The lowest BCUT2D eigenvalue weighted by Crippen LogP contribution is -2.30. The number of fused-ring (bicyclic) bond motifs is 1. The van der Waals surface area contributed by atoms with Gasteiger partial charge in [0.1, 0.15) is 5.00 Å². The number of aryl methyl sites for hydroxylation is 2. The third kappa shape index (κ3) is 4.11. The molecule has 8 heteroatoms. The van der Waals surface area contributed by atoms with Gasteiger partial charge in [0, 0.05) is 10.4 Å². The fraction of sp³-hybridized carbons (Fsp3) is 0.450. The largest absolute Gasteiger partial charge is 0.462 e. The molecule has 1 aliphatic rings. The molecule has 1 atom stereocenters. The van der Waals surface area contributed by atoms with Gasteiger partial charge >= 0.3 is 11.9 Å². The normalized spacial score (nSPS) is 14.1. The number of furan rings is 1. The molecule has 28 heavy (non-hydrogen) atoms. The average molecular weight is 405 g/mol. The molecule has 1 aliphatic carbocycles. The molecule has 0 saturated heterocycles. The highest BCUT2D eigenvalue weighted by Gasteiger charge is 2.29. The first kappa shape index (κ1) is 20.1. The van der Waals surface area contributed by atoms with Crippen molar-refractivity contribution in [3.63, 3.8) is 0 Å². The Morgan fingerprint density at radius 1 is 1.25 bits per heavy atom. The summed E-state index contributed by atoms with van der Waals surface area (Å²) in [7, 11) is 0. The Balaban J connectivity index is 1.76. The average Bonchev–Trinajstić information content (AvgIpc) is 3.24. The molecule has 2 aromatic rings. The maximum atomic E-state index is 12.6. The first-order valence-electron chi connectivity index (χ1n) is 9.30. The number of hydrogen-bond acceptors (Lipinski definition) is 7. The second-order valence-electron chi connectivity index (χ2n) is 6.61. The van der Waals surface area contributed by atoms with Crippen molar-refractivity contribution in [2.24, 2.45) is 0 Å². The second kappa shape index (κ2) is 8.60. The van der Waals surface area contributed by atoms with Gasteiger partial charge in [-0.25, -0.2) is 9.59 Å². The van der Waals surface area contributed by atoms with Crippen LogP contribution in [0.3, 0.4) is 0 Å². The van der Waals surface area contributed by atoms with Crippen molar-refractivity contribution in [3.8, 4) is 0 Å². The lowest BCUT2D eigenvalue weighted by molar-refractivity contribution is -0.123. The van der Waals surface area contributed by atoms with Crippen LogP contribution in [-0.4, -0.2) is 30.6 Å². The number of nitrogens with one attached hydrogen (secondary N) is 1. The molecule has 1 N–H and O–H groups in total. The van der Waals surface area contributed by atoms with Crippen molar-refractivity contribution in [2.75, 3.05) is 11.9 Å². The Morgan fingerprint density at radius 3 is 2.68 bits per heavy atom. The second-order valence-corrected chi connectivity index (χ2v) is 7.71. The van der Waals surface area contributed by atoms with E-state index in [1.807, 2.05) is 0 Å². The molecule has 2 heterocycles. The number of hydrogen-bond donors (Lipinski definition) is 1. The molecule has 0 aliphatic heterocycles. The van der Waals surface area contributed by atoms with E-state index in [1.165, 1.54) is 24.5 Å². The molecule has 1 unspecified atom stereocenters. The van der Waals surface area contributed by atoms with Crippen LogP contribution in [0.25, 0.3) is 0 Å². The van der Waals surface area contributed by atoms with E-state index in [2.05, 4.69) is 5.32 Å². The zero-order valence-electron chi connectivity index (χ0n) is 16.1. The Bertz CT molecular complexity index is 897. The fourth-order valence-corrected chi connectivity index (χ4v) is 4.42. The third-order valence-electron chi connectivity index (χ3n) is 4.59. The summed E-state index contributed by atoms with van der Waals surface area (Å²) in [5.41, 5.74) is 2.02. The smallest absolute Gasteiger partial charge is 0.375 e. The van der Waals surface area contributed by atoms with Crippen LogP contribution in [0.15, 0.2) is 16.7 Å². The summed E-state index contributed by atoms with van der Waals surface area (Å²) < 4.78 is 15.5. The van der Waals surface area contributed by atoms with Crippen LogP contribution in [-0.2, 0) is 27.1 Å². The first-order valence-corrected chi connectivity index (χ1v) is 10.1. The maximum absolute atomic E-state index is 12.6. The van der Waals surface area contributed by atoms with Gasteiger partial charge in [-0.15, -0.1) is 11.3 Å². The van der Waals surface area contributed by atoms with Gasteiger partial charge in [0.05, 0.1) is 18.4 Å². The molecule has 1 amide bonds. The van der Waals surface area contributed by atoms with Gasteiger partial charge in [0.2, 0.25) is 5.76 Å². The minimum Gasteiger partial charge on any atom is -0.462 e. The van der Waals surface area contributed by atoms with E-state index >= 15 is 0 Å². The van der Waals surface area contributed by atoms with E-state index in [1.54, 1.807) is 19.9 Å². The summed E-state index contributed by atoms with van der Waals surface area (Å²) in [6, 6.07) is 1.64.